The zero-order valence-electron chi connectivity index (χ0n) is 9.01. The third-order valence-electron chi connectivity index (χ3n) is 2.65. The number of nitrogens with two attached hydrogens (primary N) is 1. The van der Waals surface area contributed by atoms with Gasteiger partial charge in [-0.15, -0.1) is 0 Å². The zero-order chi connectivity index (χ0) is 10.6. The summed E-state index contributed by atoms with van der Waals surface area (Å²) in [6.07, 6.45) is 3.16. The molecule has 0 bridgehead atoms. The predicted molar refractivity (Wildman–Crippen MR) is 59.6 cm³/mol. The summed E-state index contributed by atoms with van der Waals surface area (Å²) >= 11 is 0. The number of hydrogen-bond donors (Lipinski definition) is 2. The average Bonchev–Trinajstić information content (AvgIpc) is 2.18. The first-order valence-corrected chi connectivity index (χ1v) is 5.15. The lowest BCUT2D eigenvalue weighted by molar-refractivity contribution is 0.465. The van der Waals surface area contributed by atoms with Gasteiger partial charge < -0.3 is 10.8 Å². The van der Waals surface area contributed by atoms with E-state index in [1.807, 2.05) is 19.9 Å². The normalized spacial score (nSPS) is 10.5. The first-order valence-electron chi connectivity index (χ1n) is 5.15. The molecule has 3 N–H and O–H groups in total. The molecule has 0 aromatic heterocycles. The summed E-state index contributed by atoms with van der Waals surface area (Å²) in [6.45, 7) is 4.64. The number of unbranched alkanes of at least 4 members (excludes halogenated alkanes) is 1. The van der Waals surface area contributed by atoms with Crippen molar-refractivity contribution in [1.29, 1.82) is 0 Å². The van der Waals surface area contributed by atoms with Crippen molar-refractivity contribution in [1.82, 2.24) is 0 Å². The minimum absolute atomic E-state index is 0.440. The van der Waals surface area contributed by atoms with E-state index in [0.717, 1.165) is 36.9 Å². The molecule has 2 heteroatoms. The number of aryl methyl sites for hydroxylation is 2. The molecule has 0 saturated carbocycles. The van der Waals surface area contributed by atoms with Crippen LogP contribution in [-0.2, 0) is 6.42 Å². The lowest BCUT2D eigenvalue weighted by Crippen LogP contribution is -2.00. The van der Waals surface area contributed by atoms with Crippen molar-refractivity contribution in [3.63, 3.8) is 0 Å². The summed E-state index contributed by atoms with van der Waals surface area (Å²) in [5, 5.41) is 9.72. The summed E-state index contributed by atoms with van der Waals surface area (Å²) in [5.74, 6) is 0.440. The van der Waals surface area contributed by atoms with Crippen LogP contribution in [0.15, 0.2) is 12.1 Å². The Morgan fingerprint density at radius 1 is 1.21 bits per heavy atom. The Morgan fingerprint density at radius 3 is 2.57 bits per heavy atom. The van der Waals surface area contributed by atoms with Crippen molar-refractivity contribution in [2.24, 2.45) is 5.73 Å². The highest BCUT2D eigenvalue weighted by molar-refractivity contribution is 5.43. The molecule has 1 rings (SSSR count). The summed E-state index contributed by atoms with van der Waals surface area (Å²) in [6, 6.07) is 4.07. The van der Waals surface area contributed by atoms with E-state index >= 15 is 0 Å². The van der Waals surface area contributed by atoms with Gasteiger partial charge >= 0.3 is 0 Å². The van der Waals surface area contributed by atoms with Crippen LogP contribution in [0, 0.1) is 13.8 Å². The van der Waals surface area contributed by atoms with Crippen molar-refractivity contribution in [3.8, 4) is 5.75 Å². The molecular formula is C12H19NO. The maximum Gasteiger partial charge on any atom is 0.121 e. The van der Waals surface area contributed by atoms with E-state index in [4.69, 9.17) is 5.73 Å². The molecule has 0 unspecified atom stereocenters. The highest BCUT2D eigenvalue weighted by Crippen LogP contribution is 2.25. The Kier molecular flexibility index (Phi) is 3.96. The van der Waals surface area contributed by atoms with Gasteiger partial charge in [0.15, 0.2) is 0 Å². The van der Waals surface area contributed by atoms with Crippen molar-refractivity contribution < 1.29 is 5.11 Å². The van der Waals surface area contributed by atoms with E-state index in [2.05, 4.69) is 6.07 Å². The molecule has 0 spiro atoms. The Hall–Kier alpha value is -1.02. The maximum absolute atomic E-state index is 9.72. The second-order valence-corrected chi connectivity index (χ2v) is 3.76. The predicted octanol–water partition coefficient (Wildman–Crippen LogP) is 2.29. The smallest absolute Gasteiger partial charge is 0.121 e. The van der Waals surface area contributed by atoms with Gasteiger partial charge in [0, 0.05) is 0 Å². The minimum Gasteiger partial charge on any atom is -0.507 e. The van der Waals surface area contributed by atoms with Gasteiger partial charge in [0.1, 0.15) is 5.75 Å². The quantitative estimate of drug-likeness (QED) is 0.721. The lowest BCUT2D eigenvalue weighted by Gasteiger charge is -2.09. The van der Waals surface area contributed by atoms with E-state index in [0.29, 0.717) is 5.75 Å². The highest BCUT2D eigenvalue weighted by atomic mass is 16.3. The minimum atomic E-state index is 0.440. The van der Waals surface area contributed by atoms with Crippen LogP contribution in [0.3, 0.4) is 0 Å². The standard InChI is InChI=1S/C12H19NO/c1-9-6-7-11(5-3-4-8-13)10(2)12(9)14/h6-7,14H,3-5,8,13H2,1-2H3. The molecule has 2 nitrogen and oxygen atoms in total. The largest absolute Gasteiger partial charge is 0.507 e. The molecule has 0 aliphatic heterocycles. The molecule has 0 atom stereocenters. The van der Waals surface area contributed by atoms with E-state index in [1.165, 1.54) is 5.56 Å². The van der Waals surface area contributed by atoms with Crippen molar-refractivity contribution in [2.75, 3.05) is 6.54 Å². The number of phenolic OH excluding ortho intramolecular Hbond substituents is 1. The van der Waals surface area contributed by atoms with E-state index in [9.17, 15) is 5.11 Å². The van der Waals surface area contributed by atoms with Gasteiger partial charge in [0.25, 0.3) is 0 Å². The Morgan fingerprint density at radius 2 is 1.93 bits per heavy atom. The molecule has 0 amide bonds. The van der Waals surface area contributed by atoms with E-state index in [-0.39, 0.29) is 0 Å². The average molecular weight is 193 g/mol. The van der Waals surface area contributed by atoms with Crippen LogP contribution < -0.4 is 5.73 Å². The first kappa shape index (κ1) is 11.1. The molecule has 0 fully saturated rings. The van der Waals surface area contributed by atoms with Crippen molar-refractivity contribution in [3.05, 3.63) is 28.8 Å². The SMILES string of the molecule is Cc1ccc(CCCCN)c(C)c1O. The van der Waals surface area contributed by atoms with Gasteiger partial charge in [-0.05, 0) is 56.3 Å². The molecule has 0 radical (unpaired) electrons. The van der Waals surface area contributed by atoms with Crippen molar-refractivity contribution >= 4 is 0 Å². The summed E-state index contributed by atoms with van der Waals surface area (Å²) in [4.78, 5) is 0. The van der Waals surface area contributed by atoms with Gasteiger partial charge in [0.05, 0.1) is 0 Å². The monoisotopic (exact) mass is 193 g/mol. The summed E-state index contributed by atoms with van der Waals surface area (Å²) in [7, 11) is 0. The molecule has 0 aliphatic rings. The molecular weight excluding hydrogens is 174 g/mol. The molecule has 0 heterocycles. The van der Waals surface area contributed by atoms with Crippen LogP contribution in [0.2, 0.25) is 0 Å². The number of benzene rings is 1. The second kappa shape index (κ2) is 5.01. The Labute approximate surface area is 85.8 Å². The fourth-order valence-electron chi connectivity index (χ4n) is 1.61. The first-order chi connectivity index (χ1) is 6.66. The summed E-state index contributed by atoms with van der Waals surface area (Å²) < 4.78 is 0. The van der Waals surface area contributed by atoms with Gasteiger partial charge in [-0.3, -0.25) is 0 Å². The lowest BCUT2D eigenvalue weighted by atomic mass is 9.99. The van der Waals surface area contributed by atoms with E-state index < -0.39 is 0 Å². The number of rotatable bonds is 4. The third-order valence-corrected chi connectivity index (χ3v) is 2.65. The number of phenols is 1. The molecule has 1 aromatic rings. The molecule has 78 valence electrons. The number of hydrogen-bond acceptors (Lipinski definition) is 2. The Balaban J connectivity index is 2.73. The van der Waals surface area contributed by atoms with Crippen LogP contribution in [0.4, 0.5) is 0 Å². The van der Waals surface area contributed by atoms with Crippen LogP contribution in [-0.4, -0.2) is 11.7 Å². The Bertz CT molecular complexity index is 307. The number of aromatic hydroxyl groups is 1. The topological polar surface area (TPSA) is 46.2 Å². The van der Waals surface area contributed by atoms with Crippen LogP contribution in [0.5, 0.6) is 5.75 Å². The fourth-order valence-corrected chi connectivity index (χ4v) is 1.61. The second-order valence-electron chi connectivity index (χ2n) is 3.76. The molecule has 0 aliphatic carbocycles. The zero-order valence-corrected chi connectivity index (χ0v) is 9.01. The van der Waals surface area contributed by atoms with Crippen LogP contribution in [0.25, 0.3) is 0 Å². The van der Waals surface area contributed by atoms with Crippen molar-refractivity contribution in [2.45, 2.75) is 33.1 Å². The summed E-state index contributed by atoms with van der Waals surface area (Å²) in [5.41, 5.74) is 8.64. The molecule has 1 aromatic carbocycles. The molecule has 14 heavy (non-hydrogen) atoms. The third kappa shape index (κ3) is 2.48. The maximum atomic E-state index is 9.72. The highest BCUT2D eigenvalue weighted by Gasteiger charge is 2.05. The van der Waals surface area contributed by atoms with Gasteiger partial charge in [0.2, 0.25) is 0 Å². The fraction of sp³-hybridized carbons (Fsp3) is 0.500. The van der Waals surface area contributed by atoms with Gasteiger partial charge in [-0.2, -0.15) is 0 Å². The molecule has 0 saturated heterocycles. The van der Waals surface area contributed by atoms with Gasteiger partial charge in [-0.1, -0.05) is 12.1 Å². The van der Waals surface area contributed by atoms with Crippen LogP contribution >= 0.6 is 0 Å². The van der Waals surface area contributed by atoms with Crippen LogP contribution in [0.1, 0.15) is 29.5 Å². The van der Waals surface area contributed by atoms with E-state index in [1.54, 1.807) is 0 Å². The van der Waals surface area contributed by atoms with Gasteiger partial charge in [-0.25, -0.2) is 0 Å².